The highest BCUT2D eigenvalue weighted by Gasteiger charge is 2.33. The Morgan fingerprint density at radius 1 is 1.61 bits per heavy atom. The highest BCUT2D eigenvalue weighted by Crippen LogP contribution is 2.29. The van der Waals surface area contributed by atoms with E-state index < -0.39 is 36.0 Å². The van der Waals surface area contributed by atoms with Gasteiger partial charge >= 0.3 is 12.3 Å². The van der Waals surface area contributed by atoms with Gasteiger partial charge in [0, 0.05) is 0 Å². The van der Waals surface area contributed by atoms with Gasteiger partial charge < -0.3 is 15.6 Å². The molecule has 1 rings (SSSR count). The van der Waals surface area contributed by atoms with Crippen LogP contribution in [0.25, 0.3) is 0 Å². The molecule has 0 atom stereocenters. The van der Waals surface area contributed by atoms with Crippen LogP contribution in [-0.4, -0.2) is 22.4 Å². The molecule has 0 spiro atoms. The molecule has 0 amide bonds. The smallest absolute Gasteiger partial charge is 0.481 e. The number of aliphatic carboxylic acids is 1. The van der Waals surface area contributed by atoms with Crippen LogP contribution in [0.2, 0.25) is 0 Å². The van der Waals surface area contributed by atoms with Crippen LogP contribution in [0, 0.1) is 11.3 Å². The number of rotatable bonds is 3. The maximum Gasteiger partial charge on any atom is 0.574 e. The largest absolute Gasteiger partial charge is 0.574 e. The summed E-state index contributed by atoms with van der Waals surface area (Å²) < 4.78 is 39.6. The molecule has 3 N–H and O–H groups in total. The SMILES string of the molecule is N#Cc1cc(CC(=O)O)c(N)c(OC(F)(F)F)n1. The summed E-state index contributed by atoms with van der Waals surface area (Å²) >= 11 is 0. The summed E-state index contributed by atoms with van der Waals surface area (Å²) in [5.74, 6) is -2.34. The number of nitriles is 1. The van der Waals surface area contributed by atoms with Crippen LogP contribution in [0.4, 0.5) is 18.9 Å². The molecule has 0 aliphatic rings. The summed E-state index contributed by atoms with van der Waals surface area (Å²) in [6.07, 6.45) is -5.67. The fraction of sp³-hybridized carbons (Fsp3) is 0.222. The van der Waals surface area contributed by atoms with Crippen molar-refractivity contribution in [3.63, 3.8) is 0 Å². The lowest BCUT2D eigenvalue weighted by Crippen LogP contribution is -2.20. The topological polar surface area (TPSA) is 109 Å². The third-order valence-electron chi connectivity index (χ3n) is 1.78. The predicted octanol–water partition coefficient (Wildman–Crippen LogP) is 1.06. The van der Waals surface area contributed by atoms with E-state index in [1.807, 2.05) is 0 Å². The molecule has 9 heteroatoms. The van der Waals surface area contributed by atoms with Crippen molar-refractivity contribution in [2.45, 2.75) is 12.8 Å². The number of ether oxygens (including phenoxy) is 1. The molecule has 1 aromatic heterocycles. The summed E-state index contributed by atoms with van der Waals surface area (Å²) in [6.45, 7) is 0. The van der Waals surface area contributed by atoms with Gasteiger partial charge in [0.1, 0.15) is 11.8 Å². The molecule has 0 fully saturated rings. The van der Waals surface area contributed by atoms with Crippen molar-refractivity contribution in [2.75, 3.05) is 5.73 Å². The molecule has 6 nitrogen and oxygen atoms in total. The van der Waals surface area contributed by atoms with Gasteiger partial charge in [-0.2, -0.15) is 5.26 Å². The molecule has 0 aliphatic carbocycles. The number of aromatic nitrogens is 1. The standard InChI is InChI=1S/C9H6F3N3O3/c10-9(11,12)18-8-7(14)4(2-6(16)17)1-5(3-13)15-8/h1H,2,14H2,(H,16,17). The lowest BCUT2D eigenvalue weighted by Gasteiger charge is -2.12. The minimum atomic E-state index is -5.03. The Kier molecular flexibility index (Phi) is 3.61. The van der Waals surface area contributed by atoms with Gasteiger partial charge in [-0.15, -0.1) is 13.2 Å². The maximum atomic E-state index is 12.0. The van der Waals surface area contributed by atoms with E-state index in [-0.39, 0.29) is 5.56 Å². The first-order valence-corrected chi connectivity index (χ1v) is 4.40. The summed E-state index contributed by atoms with van der Waals surface area (Å²) in [5.41, 5.74) is 4.15. The number of hydrogen-bond donors (Lipinski definition) is 2. The Balaban J connectivity index is 3.25. The monoisotopic (exact) mass is 261 g/mol. The summed E-state index contributed by atoms with van der Waals surface area (Å²) in [5, 5.41) is 17.1. The summed E-state index contributed by atoms with van der Waals surface area (Å²) in [4.78, 5) is 13.7. The van der Waals surface area contributed by atoms with Gasteiger partial charge in [-0.1, -0.05) is 0 Å². The van der Waals surface area contributed by atoms with Gasteiger partial charge in [0.2, 0.25) is 5.88 Å². The molecule has 96 valence electrons. The average Bonchev–Trinajstić information content (AvgIpc) is 2.21. The number of nitrogens with zero attached hydrogens (tertiary/aromatic N) is 2. The number of hydrogen-bond acceptors (Lipinski definition) is 5. The fourth-order valence-corrected chi connectivity index (χ4v) is 1.14. The Morgan fingerprint density at radius 2 is 2.22 bits per heavy atom. The van der Waals surface area contributed by atoms with E-state index in [1.54, 1.807) is 0 Å². The highest BCUT2D eigenvalue weighted by molar-refractivity contribution is 5.74. The molecule has 1 heterocycles. The van der Waals surface area contributed by atoms with Crippen molar-refractivity contribution >= 4 is 11.7 Å². The van der Waals surface area contributed by atoms with E-state index in [1.165, 1.54) is 6.07 Å². The average molecular weight is 261 g/mol. The molecule has 0 unspecified atom stereocenters. The molecule has 0 aliphatic heterocycles. The first kappa shape index (κ1) is 13.6. The maximum absolute atomic E-state index is 12.0. The Labute approximate surface area is 98.4 Å². The number of nitrogens with two attached hydrogens (primary N) is 1. The van der Waals surface area contributed by atoms with Gasteiger partial charge in [-0.3, -0.25) is 4.79 Å². The minimum Gasteiger partial charge on any atom is -0.481 e. The molecule has 1 aromatic rings. The molecular weight excluding hydrogens is 255 g/mol. The number of carbonyl (C=O) groups is 1. The Hall–Kier alpha value is -2.50. The lowest BCUT2D eigenvalue weighted by atomic mass is 10.1. The Morgan fingerprint density at radius 3 is 2.67 bits per heavy atom. The zero-order chi connectivity index (χ0) is 13.9. The van der Waals surface area contributed by atoms with Crippen molar-refractivity contribution in [3.8, 4) is 11.9 Å². The van der Waals surface area contributed by atoms with Crippen LogP contribution in [-0.2, 0) is 11.2 Å². The third-order valence-corrected chi connectivity index (χ3v) is 1.78. The zero-order valence-corrected chi connectivity index (χ0v) is 8.65. The number of alkyl halides is 3. The van der Waals surface area contributed by atoms with Crippen LogP contribution < -0.4 is 10.5 Å². The summed E-state index contributed by atoms with van der Waals surface area (Å²) in [6, 6.07) is 2.48. The van der Waals surface area contributed by atoms with Crippen LogP contribution >= 0.6 is 0 Å². The fourth-order valence-electron chi connectivity index (χ4n) is 1.14. The Bertz CT molecular complexity index is 522. The number of halogens is 3. The van der Waals surface area contributed by atoms with Crippen LogP contribution in [0.5, 0.6) is 5.88 Å². The van der Waals surface area contributed by atoms with Crippen LogP contribution in [0.1, 0.15) is 11.3 Å². The normalized spacial score (nSPS) is 10.8. The number of pyridine rings is 1. The molecule has 0 saturated carbocycles. The third kappa shape index (κ3) is 3.51. The second kappa shape index (κ2) is 4.79. The van der Waals surface area contributed by atoms with E-state index in [2.05, 4.69) is 9.72 Å². The van der Waals surface area contributed by atoms with E-state index in [4.69, 9.17) is 16.1 Å². The van der Waals surface area contributed by atoms with Gasteiger partial charge in [0.15, 0.2) is 0 Å². The second-order valence-corrected chi connectivity index (χ2v) is 3.12. The van der Waals surface area contributed by atoms with Crippen molar-refractivity contribution in [2.24, 2.45) is 0 Å². The minimum absolute atomic E-state index is 0.173. The van der Waals surface area contributed by atoms with Crippen LogP contribution in [0.15, 0.2) is 6.07 Å². The first-order chi connectivity index (χ1) is 8.23. The van der Waals surface area contributed by atoms with E-state index in [0.717, 1.165) is 6.07 Å². The number of anilines is 1. The molecule has 0 aromatic carbocycles. The summed E-state index contributed by atoms with van der Waals surface area (Å²) in [7, 11) is 0. The highest BCUT2D eigenvalue weighted by atomic mass is 19.4. The van der Waals surface area contributed by atoms with E-state index in [9.17, 15) is 18.0 Å². The molecule has 0 saturated heterocycles. The van der Waals surface area contributed by atoms with Gasteiger partial charge in [-0.05, 0) is 11.6 Å². The second-order valence-electron chi connectivity index (χ2n) is 3.12. The molecule has 18 heavy (non-hydrogen) atoms. The van der Waals surface area contributed by atoms with Gasteiger partial charge in [0.25, 0.3) is 0 Å². The first-order valence-electron chi connectivity index (χ1n) is 4.40. The zero-order valence-electron chi connectivity index (χ0n) is 8.65. The van der Waals surface area contributed by atoms with Crippen LogP contribution in [0.3, 0.4) is 0 Å². The molecular formula is C9H6F3N3O3. The lowest BCUT2D eigenvalue weighted by molar-refractivity contribution is -0.275. The quantitative estimate of drug-likeness (QED) is 0.841. The van der Waals surface area contributed by atoms with E-state index in [0.29, 0.717) is 0 Å². The van der Waals surface area contributed by atoms with Gasteiger partial charge in [0.05, 0.1) is 12.1 Å². The van der Waals surface area contributed by atoms with E-state index >= 15 is 0 Å². The van der Waals surface area contributed by atoms with Crippen molar-refractivity contribution in [1.82, 2.24) is 4.98 Å². The van der Waals surface area contributed by atoms with Crippen molar-refractivity contribution in [1.29, 1.82) is 5.26 Å². The van der Waals surface area contributed by atoms with Crippen molar-refractivity contribution in [3.05, 3.63) is 17.3 Å². The number of carboxylic acid groups (broad SMARTS) is 1. The number of nitrogen functional groups attached to an aromatic ring is 1. The predicted molar refractivity (Wildman–Crippen MR) is 51.4 cm³/mol. The molecule has 0 radical (unpaired) electrons. The van der Waals surface area contributed by atoms with Crippen molar-refractivity contribution < 1.29 is 27.8 Å². The van der Waals surface area contributed by atoms with Gasteiger partial charge in [-0.25, -0.2) is 4.98 Å². The number of carboxylic acids is 1. The molecule has 0 bridgehead atoms.